The second-order valence-corrected chi connectivity index (χ2v) is 22.7. The van der Waals surface area contributed by atoms with Gasteiger partial charge in [0.05, 0.1) is 5.41 Å². The minimum Gasteiger partial charge on any atom is -0.300 e. The van der Waals surface area contributed by atoms with E-state index in [9.17, 15) is 9.59 Å². The number of carbonyl (C=O) groups excluding carboxylic acids is 2. The zero-order valence-electron chi connectivity index (χ0n) is 60.5. The van der Waals surface area contributed by atoms with Crippen LogP contribution in [0.2, 0.25) is 0 Å². The highest BCUT2D eigenvalue weighted by Crippen LogP contribution is 2.59. The molecule has 3 saturated carbocycles. The number of Topliss-reactive ketones (excluding diaryl/α,β-unsaturated/α-hetero) is 2. The smallest absolute Gasteiger partial charge is 0.189 e. The predicted octanol–water partition coefficient (Wildman–Crippen LogP) is 26.0. The number of hydrogen-bond acceptors (Lipinski definition) is 2. The van der Waals surface area contributed by atoms with Crippen molar-refractivity contribution in [3.63, 3.8) is 0 Å². The predicted molar refractivity (Wildman–Crippen MR) is 403 cm³/mol. The lowest BCUT2D eigenvalue weighted by molar-refractivity contribution is -0.128. The van der Waals surface area contributed by atoms with Crippen LogP contribution in [0.25, 0.3) is 5.57 Å². The average Bonchev–Trinajstić information content (AvgIpc) is 0.704. The van der Waals surface area contributed by atoms with Crippen LogP contribution in [0, 0.1) is 55.4 Å². The first kappa shape index (κ1) is 83.4. The number of benzene rings is 8. The molecule has 0 radical (unpaired) electrons. The highest BCUT2D eigenvalue weighted by molar-refractivity contribution is 6.62. The number of rotatable bonds is 8. The molecule has 0 atom stereocenters. The van der Waals surface area contributed by atoms with Crippen molar-refractivity contribution in [3.05, 3.63) is 290 Å². The van der Waals surface area contributed by atoms with Gasteiger partial charge in [-0.15, -0.1) is 0 Å². The molecule has 11 rings (SSSR count). The fourth-order valence-electron chi connectivity index (χ4n) is 10.6. The van der Waals surface area contributed by atoms with Crippen molar-refractivity contribution < 1.29 is 9.59 Å². The molecule has 0 saturated heterocycles. The molecular weight excluding hydrogens is 1140 g/mol. The number of halogens is 2. The molecule has 3 fully saturated rings. The van der Waals surface area contributed by atoms with Gasteiger partial charge in [0, 0.05) is 30.1 Å². The maximum absolute atomic E-state index is 12.0. The minimum atomic E-state index is -1.41. The van der Waals surface area contributed by atoms with Gasteiger partial charge in [0.15, 0.2) is 10.1 Å². The number of hydrogen-bond donors (Lipinski definition) is 0. The topological polar surface area (TPSA) is 34.1 Å². The molecule has 90 heavy (non-hydrogen) atoms. The van der Waals surface area contributed by atoms with Gasteiger partial charge < -0.3 is 0 Å². The molecular formula is C86H118Cl2O2. The highest BCUT2D eigenvalue weighted by atomic mass is 35.5. The Kier molecular flexibility index (Phi) is 40.1. The number of ketones is 2. The highest BCUT2D eigenvalue weighted by Gasteiger charge is 2.66. The van der Waals surface area contributed by atoms with Crippen molar-refractivity contribution in [2.45, 2.75) is 225 Å². The lowest BCUT2D eigenvalue weighted by Gasteiger charge is -2.51. The number of carbonyl (C=O) groups is 2. The molecule has 2 nitrogen and oxygen atoms in total. The molecule has 0 heterocycles. The van der Waals surface area contributed by atoms with Crippen molar-refractivity contribution in [2.24, 2.45) is 0 Å². The molecule has 0 bridgehead atoms. The summed E-state index contributed by atoms with van der Waals surface area (Å²) in [6.07, 6.45) is 5.55. The van der Waals surface area contributed by atoms with E-state index in [0.29, 0.717) is 30.5 Å². The summed E-state index contributed by atoms with van der Waals surface area (Å²) >= 11 is 12.9. The monoisotopic (exact) mass is 1250 g/mol. The molecule has 3 aliphatic rings. The first-order valence-electron chi connectivity index (χ1n) is 34.0. The van der Waals surface area contributed by atoms with Gasteiger partial charge in [0.2, 0.25) is 0 Å². The third-order valence-electron chi connectivity index (χ3n) is 15.8. The van der Waals surface area contributed by atoms with Crippen LogP contribution in [0.3, 0.4) is 0 Å². The van der Waals surface area contributed by atoms with Crippen molar-refractivity contribution in [3.8, 4) is 0 Å². The fraction of sp³-hybridized carbons (Fsp3) is 0.395. The van der Waals surface area contributed by atoms with Gasteiger partial charge in [-0.05, 0) is 118 Å². The van der Waals surface area contributed by atoms with Gasteiger partial charge in [-0.2, -0.15) is 0 Å². The Morgan fingerprint density at radius 1 is 0.300 bits per heavy atom. The largest absolute Gasteiger partial charge is 0.300 e. The molecule has 8 aromatic carbocycles. The lowest BCUT2D eigenvalue weighted by atomic mass is 9.59. The van der Waals surface area contributed by atoms with Crippen LogP contribution in [0.1, 0.15) is 238 Å². The summed E-state index contributed by atoms with van der Waals surface area (Å²) in [6.45, 7) is 52.9. The Hall–Kier alpha value is -6.58. The number of aryl methyl sites for hydroxylation is 8. The van der Waals surface area contributed by atoms with Gasteiger partial charge in [0.1, 0.15) is 5.78 Å². The van der Waals surface area contributed by atoms with Crippen molar-refractivity contribution in [2.75, 3.05) is 0 Å². The van der Waals surface area contributed by atoms with Gasteiger partial charge in [-0.1, -0.05) is 386 Å². The molecule has 3 aliphatic carbocycles. The summed E-state index contributed by atoms with van der Waals surface area (Å²) in [5, 5.41) is 0. The van der Waals surface area contributed by atoms with E-state index in [4.69, 9.17) is 23.2 Å². The SMILES string of the molecule is C=C(c1ccc(C)cc1)c1ccc(C)cc1.CC.CC.CC.CC.CC.CC.CC.CC.Cc1ccc(C2(c3ccc(C)cc3)CC(=O)C2(Cl)Cl)cc1.Cc1ccc(C2(c3ccc(C)cc3)CC(=O)C2)cc1.Cc1ccc(C2(c3ccc(C)cc3)CCC2)cc1. The molecule has 0 spiro atoms. The van der Waals surface area contributed by atoms with E-state index in [-0.39, 0.29) is 11.2 Å². The molecule has 488 valence electrons. The molecule has 0 aromatic heterocycles. The van der Waals surface area contributed by atoms with E-state index in [0.717, 1.165) is 16.7 Å². The van der Waals surface area contributed by atoms with Crippen LogP contribution in [-0.2, 0) is 25.8 Å². The second kappa shape index (κ2) is 43.2. The standard InChI is InChI=1S/C18H16Cl2O.C18H18O.C18H20.C16H16.8C2H6/c1-12-3-7-14(8-4-12)17(11-16(21)18(17,19)20)15-9-5-13(2)6-10-15;1-13-3-7-15(8-4-13)18(11-17(19)12-18)16-9-5-14(2)6-10-16;1-14-4-8-16(9-5-14)18(12-3-13-18)17-10-6-15(2)7-11-17;1-12-4-8-15(9-5-12)14(3)16-10-6-13(2)7-11-16;8*1-2/h3-10H,11H2,1-2H3;3-10H,11-12H2,1-2H3;4-11H,3,12-13H2,1-2H3;4-11H,3H2,1-2H3;8*1-2H3. The molecule has 8 aromatic rings. The Morgan fingerprint density at radius 2 is 0.500 bits per heavy atom. The Balaban J connectivity index is 0.00000109. The van der Waals surface area contributed by atoms with E-state index >= 15 is 0 Å². The van der Waals surface area contributed by atoms with E-state index in [1.54, 1.807) is 0 Å². The molecule has 0 N–H and O–H groups in total. The first-order chi connectivity index (χ1) is 43.3. The van der Waals surface area contributed by atoms with Gasteiger partial charge in [0.25, 0.3) is 0 Å². The maximum atomic E-state index is 12.0. The zero-order chi connectivity index (χ0) is 68.8. The summed E-state index contributed by atoms with van der Waals surface area (Å²) in [4.78, 5) is 23.6. The van der Waals surface area contributed by atoms with Crippen LogP contribution < -0.4 is 0 Å². The summed E-state index contributed by atoms with van der Waals surface area (Å²) in [5.74, 6) is 0.244. The molecule has 0 unspecified atom stereocenters. The maximum Gasteiger partial charge on any atom is 0.189 e. The van der Waals surface area contributed by atoms with Crippen molar-refractivity contribution in [1.82, 2.24) is 0 Å². The molecule has 4 heteroatoms. The quantitative estimate of drug-likeness (QED) is 0.142. The van der Waals surface area contributed by atoms with Crippen molar-refractivity contribution in [1.29, 1.82) is 0 Å². The fourth-order valence-corrected chi connectivity index (χ4v) is 11.3. The second-order valence-electron chi connectivity index (χ2n) is 21.4. The summed E-state index contributed by atoms with van der Waals surface area (Å²) in [7, 11) is 0. The third-order valence-corrected chi connectivity index (χ3v) is 16.9. The van der Waals surface area contributed by atoms with Crippen molar-refractivity contribution >= 4 is 40.3 Å². The van der Waals surface area contributed by atoms with E-state index in [1.807, 2.05) is 173 Å². The van der Waals surface area contributed by atoms with Crippen LogP contribution in [0.15, 0.2) is 201 Å². The Morgan fingerprint density at radius 3 is 0.678 bits per heavy atom. The normalized spacial score (nSPS) is 13.8. The van der Waals surface area contributed by atoms with E-state index in [2.05, 4.69) is 194 Å². The van der Waals surface area contributed by atoms with Crippen LogP contribution >= 0.6 is 23.2 Å². The van der Waals surface area contributed by atoms with Crippen LogP contribution in [0.5, 0.6) is 0 Å². The molecule has 0 amide bonds. The average molecular weight is 1250 g/mol. The van der Waals surface area contributed by atoms with Crippen LogP contribution in [0.4, 0.5) is 0 Å². The summed E-state index contributed by atoms with van der Waals surface area (Å²) in [5.41, 5.74) is 20.6. The minimum absolute atomic E-state index is 0.0848. The lowest BCUT2D eigenvalue weighted by Crippen LogP contribution is -2.61. The van der Waals surface area contributed by atoms with Gasteiger partial charge in [-0.25, -0.2) is 0 Å². The summed E-state index contributed by atoms with van der Waals surface area (Å²) in [6, 6.07) is 68.6. The Bertz CT molecular complexity index is 3000. The van der Waals surface area contributed by atoms with Crippen LogP contribution in [-0.4, -0.2) is 15.9 Å². The van der Waals surface area contributed by atoms with E-state index in [1.165, 1.54) is 97.2 Å². The van der Waals surface area contributed by atoms with Gasteiger partial charge >= 0.3 is 0 Å². The van der Waals surface area contributed by atoms with Gasteiger partial charge in [-0.3, -0.25) is 9.59 Å². The summed E-state index contributed by atoms with van der Waals surface area (Å²) < 4.78 is -1.41. The first-order valence-corrected chi connectivity index (χ1v) is 34.8. The van der Waals surface area contributed by atoms with E-state index < -0.39 is 9.75 Å². The number of alkyl halides is 2. The third kappa shape index (κ3) is 21.8. The zero-order valence-corrected chi connectivity index (χ0v) is 62.0. The molecule has 0 aliphatic heterocycles. The Labute approximate surface area is 561 Å².